The molecule has 0 unspecified atom stereocenters. The van der Waals surface area contributed by atoms with Crippen molar-refractivity contribution in [2.75, 3.05) is 6.54 Å². The fourth-order valence-corrected chi connectivity index (χ4v) is 2.45. The van der Waals surface area contributed by atoms with Crippen molar-refractivity contribution in [1.29, 1.82) is 0 Å². The Bertz CT molecular complexity index is 440. The second-order valence-corrected chi connectivity index (χ2v) is 5.69. The topological polar surface area (TPSA) is 66.4 Å². The van der Waals surface area contributed by atoms with E-state index in [0.717, 1.165) is 32.2 Å². The molecule has 2 radical (unpaired) electrons. The number of rotatable bonds is 4. The summed E-state index contributed by atoms with van der Waals surface area (Å²) in [5, 5.41) is 11.2. The summed E-state index contributed by atoms with van der Waals surface area (Å²) < 4.78 is 1.18. The summed E-state index contributed by atoms with van der Waals surface area (Å²) in [7, 11) is 0. The predicted molar refractivity (Wildman–Crippen MR) is 79.3 cm³/mol. The van der Waals surface area contributed by atoms with Crippen LogP contribution in [0.4, 0.5) is 0 Å². The van der Waals surface area contributed by atoms with Crippen LogP contribution in [0.3, 0.4) is 0 Å². The molecular formula is C15H20AsNO3. The van der Waals surface area contributed by atoms with Gasteiger partial charge in [0.15, 0.2) is 0 Å². The minimum absolute atomic E-state index is 0.214. The maximum absolute atomic E-state index is 10.4. The molecule has 5 heteroatoms. The summed E-state index contributed by atoms with van der Waals surface area (Å²) in [4.78, 5) is 20.6. The molecule has 0 aliphatic carbocycles. The molecule has 20 heavy (non-hydrogen) atoms. The molecule has 0 bridgehead atoms. The van der Waals surface area contributed by atoms with E-state index in [2.05, 4.69) is 22.2 Å². The summed E-state index contributed by atoms with van der Waals surface area (Å²) in [6.45, 7) is 0.888. The average Bonchev–Trinajstić information content (AvgIpc) is 2.42. The Morgan fingerprint density at radius 3 is 2.55 bits per heavy atom. The van der Waals surface area contributed by atoms with E-state index >= 15 is 0 Å². The predicted octanol–water partition coefficient (Wildman–Crippen LogP) is 1.17. The number of piperidine rings is 1. The van der Waals surface area contributed by atoms with Gasteiger partial charge in [0.1, 0.15) is 0 Å². The van der Waals surface area contributed by atoms with Crippen molar-refractivity contribution in [2.45, 2.75) is 38.5 Å². The Hall–Kier alpha value is -1.28. The van der Waals surface area contributed by atoms with Gasteiger partial charge in [-0.3, -0.25) is 4.79 Å². The summed E-state index contributed by atoms with van der Waals surface area (Å²) >= 11 is 2.51. The Morgan fingerprint density at radius 1 is 1.30 bits per heavy atom. The van der Waals surface area contributed by atoms with E-state index in [1.807, 2.05) is 24.3 Å². The molecule has 4 nitrogen and oxygen atoms in total. The molecule has 0 atom stereocenters. The second-order valence-electron chi connectivity index (χ2n) is 4.68. The first-order valence-electron chi connectivity index (χ1n) is 6.85. The van der Waals surface area contributed by atoms with Gasteiger partial charge in [-0.05, 0) is 12.8 Å². The quantitative estimate of drug-likeness (QED) is 0.811. The number of carbonyl (C=O) groups excluding carboxylic acids is 1. The van der Waals surface area contributed by atoms with Crippen molar-refractivity contribution in [2.24, 2.45) is 0 Å². The third-order valence-electron chi connectivity index (χ3n) is 2.98. The number of hydrogen-bond donors (Lipinski definition) is 2. The largest absolute Gasteiger partial charge is 0.356 e. The Morgan fingerprint density at radius 2 is 2.05 bits per heavy atom. The van der Waals surface area contributed by atoms with Gasteiger partial charge in [-0.25, -0.2) is 0 Å². The summed E-state index contributed by atoms with van der Waals surface area (Å²) in [6, 6.07) is 8.02. The zero-order valence-corrected chi connectivity index (χ0v) is 13.3. The first-order chi connectivity index (χ1) is 9.59. The van der Waals surface area contributed by atoms with Gasteiger partial charge >= 0.3 is 86.2 Å². The maximum atomic E-state index is 10.4. The first kappa shape index (κ1) is 16.8. The van der Waals surface area contributed by atoms with Gasteiger partial charge in [0.05, 0.1) is 0 Å². The second kappa shape index (κ2) is 9.60. The van der Waals surface area contributed by atoms with Crippen molar-refractivity contribution in [3.05, 3.63) is 29.8 Å². The zero-order chi connectivity index (χ0) is 14.8. The van der Waals surface area contributed by atoms with Gasteiger partial charge < -0.3 is 5.32 Å². The number of aliphatic carboxylic acids is 1. The molecule has 1 aromatic rings. The van der Waals surface area contributed by atoms with Crippen molar-refractivity contribution in [1.82, 2.24) is 5.32 Å². The molecule has 1 heterocycles. The zero-order valence-electron chi connectivity index (χ0n) is 11.5. The van der Waals surface area contributed by atoms with E-state index in [1.165, 1.54) is 9.91 Å². The average molecular weight is 337 g/mol. The van der Waals surface area contributed by atoms with E-state index in [4.69, 9.17) is 5.11 Å². The van der Waals surface area contributed by atoms with E-state index in [9.17, 15) is 9.59 Å². The van der Waals surface area contributed by atoms with E-state index in [-0.39, 0.29) is 12.3 Å². The van der Waals surface area contributed by atoms with E-state index in [0.29, 0.717) is 6.42 Å². The molecular weight excluding hydrogens is 317 g/mol. The smallest absolute Gasteiger partial charge is 0.219 e. The van der Waals surface area contributed by atoms with Gasteiger partial charge in [0.2, 0.25) is 5.91 Å². The van der Waals surface area contributed by atoms with Crippen LogP contribution in [0.15, 0.2) is 24.3 Å². The van der Waals surface area contributed by atoms with Crippen LogP contribution in [0.25, 0.3) is 0 Å². The van der Waals surface area contributed by atoms with E-state index < -0.39 is 5.97 Å². The monoisotopic (exact) mass is 337 g/mol. The van der Waals surface area contributed by atoms with E-state index in [1.54, 1.807) is 0 Å². The van der Waals surface area contributed by atoms with Crippen molar-refractivity contribution < 1.29 is 14.7 Å². The number of carboxylic acids is 1. The maximum Gasteiger partial charge on any atom is 0.219 e. The molecule has 1 saturated heterocycles. The number of aryl methyl sites for hydroxylation is 1. The number of hydrogen-bond acceptors (Lipinski definition) is 2. The first-order valence-corrected chi connectivity index (χ1v) is 7.79. The third kappa shape index (κ3) is 7.34. The molecule has 2 N–H and O–H groups in total. The molecule has 1 fully saturated rings. The molecule has 108 valence electrons. The minimum Gasteiger partial charge on any atom is -0.356 e. The molecule has 1 aromatic carbocycles. The van der Waals surface area contributed by atoms with Crippen LogP contribution in [-0.4, -0.2) is 40.4 Å². The van der Waals surface area contributed by atoms with Crippen LogP contribution in [0, 0.1) is 0 Å². The van der Waals surface area contributed by atoms with Gasteiger partial charge in [-0.1, -0.05) is 0 Å². The third-order valence-corrected chi connectivity index (χ3v) is 3.90. The summed E-state index contributed by atoms with van der Waals surface area (Å²) in [5.74, 6) is -0.505. The molecule has 0 aromatic heterocycles. The van der Waals surface area contributed by atoms with Crippen LogP contribution in [0.5, 0.6) is 0 Å². The van der Waals surface area contributed by atoms with Gasteiger partial charge in [0.25, 0.3) is 0 Å². The van der Waals surface area contributed by atoms with Crippen molar-refractivity contribution in [3.8, 4) is 0 Å². The van der Waals surface area contributed by atoms with Crippen LogP contribution >= 0.6 is 0 Å². The van der Waals surface area contributed by atoms with Crippen LogP contribution < -0.4 is 9.67 Å². The number of nitrogens with one attached hydrogen (secondary N) is 1. The molecule has 0 spiro atoms. The minimum atomic E-state index is -0.719. The fraction of sp³-hybridized carbons (Fsp3) is 0.467. The summed E-state index contributed by atoms with van der Waals surface area (Å²) in [5.41, 5.74) is 1.23. The van der Waals surface area contributed by atoms with Crippen LogP contribution in [0.2, 0.25) is 0 Å². The van der Waals surface area contributed by atoms with Crippen LogP contribution in [-0.2, 0) is 16.0 Å². The van der Waals surface area contributed by atoms with Gasteiger partial charge in [-0.2, -0.15) is 0 Å². The Labute approximate surface area is 128 Å². The Balaban J connectivity index is 0.000000240. The molecule has 1 aliphatic rings. The normalized spacial score (nSPS) is 13.9. The number of carboxylic acid groups (broad SMARTS) is 1. The van der Waals surface area contributed by atoms with Gasteiger partial charge in [0, 0.05) is 13.0 Å². The fourth-order valence-electron chi connectivity index (χ4n) is 1.88. The van der Waals surface area contributed by atoms with Crippen LogP contribution in [0.1, 0.15) is 37.7 Å². The number of benzene rings is 1. The molecule has 2 rings (SSSR count). The summed E-state index contributed by atoms with van der Waals surface area (Å²) in [6.07, 6.45) is 4.78. The van der Waals surface area contributed by atoms with Crippen molar-refractivity contribution >= 4 is 33.1 Å². The van der Waals surface area contributed by atoms with Crippen molar-refractivity contribution in [3.63, 3.8) is 0 Å². The molecule has 1 aliphatic heterocycles. The standard InChI is InChI=1S/C10H11AsO2.C5H9NO/c11-9-6-2-1-4-8(9)5-3-7-10(12)13;7-5-3-1-2-4-6-5/h1-2,4,6H,3,5,7H2,(H,12,13);1-4H2,(H,6,7). The molecule has 0 saturated carbocycles. The Kier molecular flexibility index (Phi) is 8.05. The SMILES string of the molecule is O=C(O)CCCc1ccccc1[As].O=C1CCCCN1. The number of amides is 1. The molecule has 1 amide bonds. The number of carbonyl (C=O) groups is 2. The van der Waals surface area contributed by atoms with Gasteiger partial charge in [-0.15, -0.1) is 0 Å².